The Morgan fingerprint density at radius 3 is 2.71 bits per heavy atom. The molecule has 0 aliphatic rings. The van der Waals surface area contributed by atoms with E-state index in [2.05, 4.69) is 32.8 Å². The maximum Gasteiger partial charge on any atom is 0.119 e. The minimum atomic E-state index is 0.709. The number of hydrogen-bond donors (Lipinski definition) is 1. The fraction of sp³-hybridized carbons (Fsp3) is 0. The number of nitrogens with one attached hydrogen (secondary N) is 1. The van der Waals surface area contributed by atoms with Crippen molar-refractivity contribution in [2.45, 2.75) is 0 Å². The van der Waals surface area contributed by atoms with Crippen molar-refractivity contribution in [1.29, 1.82) is 0 Å². The van der Waals surface area contributed by atoms with Crippen LogP contribution in [0, 0.1) is 3.70 Å². The number of hydrogen-bond acceptors (Lipinski definition) is 1. The molecule has 1 aromatic heterocycles. The van der Waals surface area contributed by atoms with Crippen LogP contribution in [0.2, 0.25) is 0 Å². The van der Waals surface area contributed by atoms with Crippen molar-refractivity contribution in [3.63, 3.8) is 0 Å². The van der Waals surface area contributed by atoms with E-state index in [-0.39, 0.29) is 0 Å². The molecule has 2 nitrogen and oxygen atoms in total. The maximum atomic E-state index is 5.34. The van der Waals surface area contributed by atoms with Gasteiger partial charge in [-0.05, 0) is 28.1 Å². The van der Waals surface area contributed by atoms with Crippen molar-refractivity contribution in [1.82, 2.24) is 10.2 Å². The number of aromatic nitrogens is 2. The van der Waals surface area contributed by atoms with Crippen LogP contribution in [-0.4, -0.2) is 18.0 Å². The summed E-state index contributed by atoms with van der Waals surface area (Å²) in [5.41, 5.74) is 0.709. The molecule has 34 valence electrons. The van der Waals surface area contributed by atoms with Gasteiger partial charge in [0.05, 0.1) is 3.70 Å². The predicted molar refractivity (Wildman–Crippen MR) is 36.7 cm³/mol. The lowest BCUT2D eigenvalue weighted by Gasteiger charge is -1.76. The number of aromatic amines is 1. The Morgan fingerprint density at radius 2 is 2.57 bits per heavy atom. The molecule has 1 N–H and O–H groups in total. The highest BCUT2D eigenvalue weighted by molar-refractivity contribution is 14.1. The van der Waals surface area contributed by atoms with Gasteiger partial charge in [-0.3, -0.25) is 5.10 Å². The van der Waals surface area contributed by atoms with E-state index in [1.807, 2.05) is 0 Å². The summed E-state index contributed by atoms with van der Waals surface area (Å²) in [6, 6.07) is 0. The van der Waals surface area contributed by atoms with Crippen molar-refractivity contribution in [3.05, 3.63) is 9.90 Å². The Kier molecular flexibility index (Phi) is 1.36. The molecule has 0 spiro atoms. The summed E-state index contributed by atoms with van der Waals surface area (Å²) in [5.74, 6) is 0. The zero-order chi connectivity index (χ0) is 5.28. The lowest BCUT2D eigenvalue weighted by Crippen LogP contribution is -2.00. The highest BCUT2D eigenvalue weighted by atomic mass is 127. The molecule has 0 saturated heterocycles. The van der Waals surface area contributed by atoms with Gasteiger partial charge in [0, 0.05) is 6.20 Å². The first-order chi connectivity index (χ1) is 3.30. The topological polar surface area (TPSA) is 28.7 Å². The number of H-pyrrole nitrogens is 1. The third-order valence-corrected chi connectivity index (χ3v) is 1.48. The van der Waals surface area contributed by atoms with Gasteiger partial charge in [-0.25, -0.2) is 0 Å². The molecule has 0 aromatic carbocycles. The predicted octanol–water partition coefficient (Wildman–Crippen LogP) is -0.192. The van der Waals surface area contributed by atoms with Crippen LogP contribution in [0.3, 0.4) is 0 Å². The second kappa shape index (κ2) is 1.86. The summed E-state index contributed by atoms with van der Waals surface area (Å²) in [6.07, 6.45) is 1.59. The summed E-state index contributed by atoms with van der Waals surface area (Å²) in [4.78, 5) is 0. The molecule has 0 bridgehead atoms. The third-order valence-electron chi connectivity index (χ3n) is 0.620. The van der Waals surface area contributed by atoms with Gasteiger partial charge in [-0.15, -0.1) is 0 Å². The fourth-order valence-corrected chi connectivity index (χ4v) is 0.558. The molecule has 1 aromatic rings. The molecule has 1 rings (SSSR count). The molecule has 0 amide bonds. The molecule has 0 aliphatic heterocycles. The van der Waals surface area contributed by atoms with Crippen LogP contribution < -0.4 is 5.46 Å². The van der Waals surface area contributed by atoms with Crippen LogP contribution >= 0.6 is 22.6 Å². The normalized spacial score (nSPS) is 9.29. The molecule has 7 heavy (non-hydrogen) atoms. The molecule has 0 aliphatic carbocycles. The van der Waals surface area contributed by atoms with Gasteiger partial charge < -0.3 is 0 Å². The van der Waals surface area contributed by atoms with Crippen molar-refractivity contribution in [3.8, 4) is 0 Å². The molecule has 1 heterocycles. The summed E-state index contributed by atoms with van der Waals surface area (Å²) in [5, 5.41) is 6.34. The van der Waals surface area contributed by atoms with E-state index in [4.69, 9.17) is 7.85 Å². The first-order valence-corrected chi connectivity index (χ1v) is 2.83. The Hall–Kier alpha value is 0.00494. The fourth-order valence-electron chi connectivity index (χ4n) is 0.280. The van der Waals surface area contributed by atoms with E-state index >= 15 is 0 Å². The average molecular weight is 204 g/mol. The van der Waals surface area contributed by atoms with Crippen LogP contribution in [0.15, 0.2) is 6.20 Å². The van der Waals surface area contributed by atoms with E-state index in [0.717, 1.165) is 3.70 Å². The standard InChI is InChI=1S/C3H2BIN2/c4-2-1-6-7-3(2)5/h1H,(H,6,7). The van der Waals surface area contributed by atoms with Crippen LogP contribution in [0.4, 0.5) is 0 Å². The van der Waals surface area contributed by atoms with E-state index in [9.17, 15) is 0 Å². The molecule has 0 atom stereocenters. The molecule has 4 heteroatoms. The summed E-state index contributed by atoms with van der Waals surface area (Å²) < 4.78 is 0.901. The smallest absolute Gasteiger partial charge is 0.119 e. The van der Waals surface area contributed by atoms with Gasteiger partial charge in [0.25, 0.3) is 0 Å². The summed E-state index contributed by atoms with van der Waals surface area (Å²) in [7, 11) is 5.34. The first-order valence-electron chi connectivity index (χ1n) is 1.75. The molecule has 0 fully saturated rings. The van der Waals surface area contributed by atoms with Gasteiger partial charge in [0.2, 0.25) is 0 Å². The van der Waals surface area contributed by atoms with Crippen molar-refractivity contribution in [2.24, 2.45) is 0 Å². The Bertz CT molecular complexity index is 145. The van der Waals surface area contributed by atoms with Gasteiger partial charge in [-0.1, -0.05) is 0 Å². The number of nitrogens with zero attached hydrogens (tertiary/aromatic N) is 1. The van der Waals surface area contributed by atoms with Crippen LogP contribution in [0.25, 0.3) is 0 Å². The molecular weight excluding hydrogens is 202 g/mol. The average Bonchev–Trinajstić information content (AvgIpc) is 1.91. The van der Waals surface area contributed by atoms with Gasteiger partial charge in [0.15, 0.2) is 0 Å². The van der Waals surface area contributed by atoms with E-state index < -0.39 is 0 Å². The van der Waals surface area contributed by atoms with Crippen LogP contribution in [0.1, 0.15) is 0 Å². The summed E-state index contributed by atoms with van der Waals surface area (Å²) in [6.45, 7) is 0. The van der Waals surface area contributed by atoms with Gasteiger partial charge in [0.1, 0.15) is 7.85 Å². The molecule has 0 unspecified atom stereocenters. The van der Waals surface area contributed by atoms with Crippen molar-refractivity contribution < 1.29 is 0 Å². The Labute approximate surface area is 56.2 Å². The lowest BCUT2D eigenvalue weighted by atomic mass is 10.0. The maximum absolute atomic E-state index is 5.34. The minimum Gasteiger partial charge on any atom is -0.273 e. The number of rotatable bonds is 0. The monoisotopic (exact) mass is 204 g/mol. The van der Waals surface area contributed by atoms with Crippen molar-refractivity contribution in [2.75, 3.05) is 0 Å². The largest absolute Gasteiger partial charge is 0.273 e. The molecule has 0 saturated carbocycles. The summed E-state index contributed by atoms with van der Waals surface area (Å²) >= 11 is 2.08. The highest BCUT2D eigenvalue weighted by Crippen LogP contribution is 1.89. The van der Waals surface area contributed by atoms with E-state index in [0.29, 0.717) is 5.46 Å². The van der Waals surface area contributed by atoms with Crippen LogP contribution in [0.5, 0.6) is 0 Å². The van der Waals surface area contributed by atoms with E-state index in [1.165, 1.54) is 0 Å². The second-order valence-electron chi connectivity index (χ2n) is 1.14. The SMILES string of the molecule is [B]c1cn[nH]c1I. The third kappa shape index (κ3) is 0.962. The lowest BCUT2D eigenvalue weighted by molar-refractivity contribution is 1.07. The zero-order valence-corrected chi connectivity index (χ0v) is 5.64. The number of halogens is 1. The van der Waals surface area contributed by atoms with Gasteiger partial charge in [-0.2, -0.15) is 5.10 Å². The quantitative estimate of drug-likeness (QED) is 0.460. The first kappa shape index (κ1) is 5.15. The minimum absolute atomic E-state index is 0.709. The van der Waals surface area contributed by atoms with Crippen LogP contribution in [-0.2, 0) is 0 Å². The highest BCUT2D eigenvalue weighted by Gasteiger charge is 1.88. The Morgan fingerprint density at radius 1 is 1.86 bits per heavy atom. The molecule has 2 radical (unpaired) electrons. The Balaban J connectivity index is 3.12. The molecular formula is C3H2BIN2. The van der Waals surface area contributed by atoms with Gasteiger partial charge >= 0.3 is 0 Å². The van der Waals surface area contributed by atoms with E-state index in [1.54, 1.807) is 6.20 Å². The zero-order valence-electron chi connectivity index (χ0n) is 3.48. The second-order valence-corrected chi connectivity index (χ2v) is 2.22. The van der Waals surface area contributed by atoms with Crippen molar-refractivity contribution >= 4 is 35.9 Å².